The average molecular weight is 260 g/mol. The molecule has 1 aromatic carbocycles. The van der Waals surface area contributed by atoms with Crippen molar-refractivity contribution < 1.29 is 9.53 Å². The SMILES string of the molecule is COc1ccc(C=CC(=O)NCCNC2CC2)cc1. The second-order valence-electron chi connectivity index (χ2n) is 4.63. The van der Waals surface area contributed by atoms with E-state index in [4.69, 9.17) is 4.74 Å². The minimum atomic E-state index is -0.0617. The van der Waals surface area contributed by atoms with E-state index in [0.717, 1.165) is 17.9 Å². The summed E-state index contributed by atoms with van der Waals surface area (Å²) in [6, 6.07) is 8.26. The van der Waals surface area contributed by atoms with E-state index < -0.39 is 0 Å². The molecule has 1 saturated carbocycles. The van der Waals surface area contributed by atoms with Crippen LogP contribution in [0.1, 0.15) is 18.4 Å². The Morgan fingerprint density at radius 2 is 2.05 bits per heavy atom. The summed E-state index contributed by atoms with van der Waals surface area (Å²) in [5.74, 6) is 0.751. The second-order valence-corrected chi connectivity index (χ2v) is 4.63. The first-order valence-electron chi connectivity index (χ1n) is 6.61. The number of ether oxygens (including phenoxy) is 1. The van der Waals surface area contributed by atoms with Gasteiger partial charge in [-0.05, 0) is 36.6 Å². The number of methoxy groups -OCH3 is 1. The van der Waals surface area contributed by atoms with Gasteiger partial charge in [0, 0.05) is 25.2 Å². The molecule has 0 aliphatic heterocycles. The van der Waals surface area contributed by atoms with Crippen molar-refractivity contribution in [3.8, 4) is 5.75 Å². The van der Waals surface area contributed by atoms with Crippen LogP contribution in [0, 0.1) is 0 Å². The molecule has 2 N–H and O–H groups in total. The first-order chi connectivity index (χ1) is 9.28. The molecule has 1 amide bonds. The van der Waals surface area contributed by atoms with E-state index in [0.29, 0.717) is 12.6 Å². The van der Waals surface area contributed by atoms with Crippen LogP contribution in [0.5, 0.6) is 5.75 Å². The van der Waals surface area contributed by atoms with E-state index >= 15 is 0 Å². The standard InChI is InChI=1S/C15H20N2O2/c1-19-14-7-2-12(3-8-14)4-9-15(18)17-11-10-16-13-5-6-13/h2-4,7-9,13,16H,5-6,10-11H2,1H3,(H,17,18). The lowest BCUT2D eigenvalue weighted by molar-refractivity contribution is -0.116. The van der Waals surface area contributed by atoms with Crippen LogP contribution in [0.2, 0.25) is 0 Å². The summed E-state index contributed by atoms with van der Waals surface area (Å²) in [6.45, 7) is 1.51. The van der Waals surface area contributed by atoms with Crippen LogP contribution in [-0.2, 0) is 4.79 Å². The number of carbonyl (C=O) groups excluding carboxylic acids is 1. The zero-order valence-corrected chi connectivity index (χ0v) is 11.2. The van der Waals surface area contributed by atoms with Gasteiger partial charge < -0.3 is 15.4 Å². The van der Waals surface area contributed by atoms with Crippen molar-refractivity contribution in [1.29, 1.82) is 0 Å². The highest BCUT2D eigenvalue weighted by Crippen LogP contribution is 2.17. The summed E-state index contributed by atoms with van der Waals surface area (Å²) in [6.07, 6.45) is 5.89. The third-order valence-corrected chi connectivity index (χ3v) is 2.98. The maximum atomic E-state index is 11.5. The number of carbonyl (C=O) groups is 1. The van der Waals surface area contributed by atoms with Gasteiger partial charge in [-0.2, -0.15) is 0 Å². The number of benzene rings is 1. The molecule has 4 nitrogen and oxygen atoms in total. The van der Waals surface area contributed by atoms with Gasteiger partial charge in [0.1, 0.15) is 5.75 Å². The lowest BCUT2D eigenvalue weighted by Gasteiger charge is -2.03. The molecule has 1 aliphatic rings. The fraction of sp³-hybridized carbons (Fsp3) is 0.400. The predicted molar refractivity (Wildman–Crippen MR) is 76.1 cm³/mol. The molecule has 0 bridgehead atoms. The van der Waals surface area contributed by atoms with Crippen LogP contribution in [0.25, 0.3) is 6.08 Å². The lowest BCUT2D eigenvalue weighted by Crippen LogP contribution is -2.31. The summed E-state index contributed by atoms with van der Waals surface area (Å²) < 4.78 is 5.07. The molecule has 1 fully saturated rings. The van der Waals surface area contributed by atoms with E-state index in [9.17, 15) is 4.79 Å². The van der Waals surface area contributed by atoms with Gasteiger partial charge in [0.25, 0.3) is 0 Å². The molecular formula is C15H20N2O2. The molecule has 0 unspecified atom stereocenters. The predicted octanol–water partition coefficient (Wildman–Crippen LogP) is 1.58. The third-order valence-electron chi connectivity index (χ3n) is 2.98. The first-order valence-corrected chi connectivity index (χ1v) is 6.61. The second kappa shape index (κ2) is 6.95. The lowest BCUT2D eigenvalue weighted by atomic mass is 10.2. The van der Waals surface area contributed by atoms with E-state index in [1.165, 1.54) is 12.8 Å². The number of hydrogen-bond acceptors (Lipinski definition) is 3. The minimum Gasteiger partial charge on any atom is -0.497 e. The number of amides is 1. The highest BCUT2D eigenvalue weighted by atomic mass is 16.5. The molecule has 0 spiro atoms. The van der Waals surface area contributed by atoms with Crippen LogP contribution >= 0.6 is 0 Å². The van der Waals surface area contributed by atoms with Crippen molar-refractivity contribution >= 4 is 12.0 Å². The topological polar surface area (TPSA) is 50.4 Å². The van der Waals surface area contributed by atoms with Gasteiger partial charge >= 0.3 is 0 Å². The van der Waals surface area contributed by atoms with Gasteiger partial charge in [-0.1, -0.05) is 12.1 Å². The third kappa shape index (κ3) is 5.14. The maximum Gasteiger partial charge on any atom is 0.244 e. The molecule has 0 heterocycles. The van der Waals surface area contributed by atoms with E-state index in [-0.39, 0.29) is 5.91 Å². The Labute approximate surface area is 113 Å². The summed E-state index contributed by atoms with van der Waals surface area (Å²) in [4.78, 5) is 11.5. The van der Waals surface area contributed by atoms with Crippen molar-refractivity contribution in [2.24, 2.45) is 0 Å². The van der Waals surface area contributed by atoms with Gasteiger partial charge in [0.2, 0.25) is 5.91 Å². The zero-order valence-electron chi connectivity index (χ0n) is 11.2. The highest BCUT2D eigenvalue weighted by Gasteiger charge is 2.19. The van der Waals surface area contributed by atoms with Gasteiger partial charge in [-0.15, -0.1) is 0 Å². The van der Waals surface area contributed by atoms with Gasteiger partial charge in [0.15, 0.2) is 0 Å². The van der Waals surface area contributed by atoms with E-state index in [1.54, 1.807) is 19.3 Å². The van der Waals surface area contributed by atoms with Crippen molar-refractivity contribution in [2.75, 3.05) is 20.2 Å². The Morgan fingerprint density at radius 1 is 1.32 bits per heavy atom. The molecule has 0 radical (unpaired) electrons. The largest absolute Gasteiger partial charge is 0.497 e. The smallest absolute Gasteiger partial charge is 0.244 e. The van der Waals surface area contributed by atoms with Crippen molar-refractivity contribution in [3.05, 3.63) is 35.9 Å². The molecule has 19 heavy (non-hydrogen) atoms. The maximum absolute atomic E-state index is 11.5. The van der Waals surface area contributed by atoms with Crippen LogP contribution in [0.15, 0.2) is 30.3 Å². The normalized spacial score (nSPS) is 14.6. The number of rotatable bonds is 7. The van der Waals surface area contributed by atoms with Gasteiger partial charge in [-0.25, -0.2) is 0 Å². The highest BCUT2D eigenvalue weighted by molar-refractivity contribution is 5.91. The summed E-state index contributed by atoms with van der Waals surface area (Å²) in [7, 11) is 1.63. The van der Waals surface area contributed by atoms with E-state index in [1.807, 2.05) is 24.3 Å². The molecule has 1 aliphatic carbocycles. The number of nitrogens with one attached hydrogen (secondary N) is 2. The first kappa shape index (κ1) is 13.6. The molecule has 102 valence electrons. The monoisotopic (exact) mass is 260 g/mol. The molecule has 0 aromatic heterocycles. The summed E-state index contributed by atoms with van der Waals surface area (Å²) in [5, 5.41) is 6.19. The molecular weight excluding hydrogens is 240 g/mol. The Kier molecular flexibility index (Phi) is 4.98. The van der Waals surface area contributed by atoms with Crippen LogP contribution < -0.4 is 15.4 Å². The molecule has 2 rings (SSSR count). The van der Waals surface area contributed by atoms with Crippen LogP contribution in [0.3, 0.4) is 0 Å². The Morgan fingerprint density at radius 3 is 2.68 bits per heavy atom. The minimum absolute atomic E-state index is 0.0617. The molecule has 1 aromatic rings. The van der Waals surface area contributed by atoms with E-state index in [2.05, 4.69) is 10.6 Å². The van der Waals surface area contributed by atoms with Crippen molar-refractivity contribution in [1.82, 2.24) is 10.6 Å². The van der Waals surface area contributed by atoms with Crippen molar-refractivity contribution in [2.45, 2.75) is 18.9 Å². The van der Waals surface area contributed by atoms with Crippen LogP contribution in [-0.4, -0.2) is 32.1 Å². The fourth-order valence-electron chi connectivity index (χ4n) is 1.70. The van der Waals surface area contributed by atoms with Gasteiger partial charge in [-0.3, -0.25) is 4.79 Å². The molecule has 0 atom stereocenters. The molecule has 0 saturated heterocycles. The summed E-state index contributed by atoms with van der Waals surface area (Å²) >= 11 is 0. The summed E-state index contributed by atoms with van der Waals surface area (Å²) in [5.41, 5.74) is 0.979. The average Bonchev–Trinajstić information content (AvgIpc) is 3.26. The van der Waals surface area contributed by atoms with Crippen molar-refractivity contribution in [3.63, 3.8) is 0 Å². The Bertz CT molecular complexity index is 436. The zero-order chi connectivity index (χ0) is 13.5. The van der Waals surface area contributed by atoms with Gasteiger partial charge in [0.05, 0.1) is 7.11 Å². The number of hydrogen-bond donors (Lipinski definition) is 2. The Hall–Kier alpha value is -1.81. The van der Waals surface area contributed by atoms with Crippen LogP contribution in [0.4, 0.5) is 0 Å². The fourth-order valence-corrected chi connectivity index (χ4v) is 1.70. The Balaban J connectivity index is 1.68. The quantitative estimate of drug-likeness (QED) is 0.578. The molecule has 4 heteroatoms.